The van der Waals surface area contributed by atoms with Gasteiger partial charge in [0.1, 0.15) is 11.3 Å². The molecule has 1 N–H and O–H groups in total. The van der Waals surface area contributed by atoms with Crippen molar-refractivity contribution in [3.8, 4) is 5.75 Å². The Kier molecular flexibility index (Phi) is 3.99. The third-order valence-corrected chi connectivity index (χ3v) is 3.39. The number of benzene rings is 1. The second kappa shape index (κ2) is 5.54. The van der Waals surface area contributed by atoms with Crippen LogP contribution < -0.4 is 4.74 Å². The number of carboxylic acids is 1. The Morgan fingerprint density at radius 2 is 2.15 bits per heavy atom. The number of ether oxygens (including phenoxy) is 1. The molecule has 0 aliphatic rings. The van der Waals surface area contributed by atoms with E-state index in [-0.39, 0.29) is 5.56 Å². The number of nitrogens with zero attached hydrogens (tertiary/aromatic N) is 2. The minimum Gasteiger partial charge on any atom is -0.496 e. The van der Waals surface area contributed by atoms with Crippen LogP contribution in [0.5, 0.6) is 5.75 Å². The molecule has 6 heteroatoms. The van der Waals surface area contributed by atoms with Crippen molar-refractivity contribution in [3.63, 3.8) is 0 Å². The number of aromatic nitrogens is 2. The molecule has 2 aromatic rings. The molecule has 20 heavy (non-hydrogen) atoms. The van der Waals surface area contributed by atoms with E-state index in [0.717, 1.165) is 5.56 Å². The number of aryl methyl sites for hydroxylation is 1. The molecule has 0 saturated carbocycles. The van der Waals surface area contributed by atoms with Crippen molar-refractivity contribution in [2.75, 3.05) is 7.11 Å². The lowest BCUT2D eigenvalue weighted by molar-refractivity contribution is 0.0695. The van der Waals surface area contributed by atoms with Gasteiger partial charge in [0.05, 0.1) is 25.0 Å². The van der Waals surface area contributed by atoms with Crippen molar-refractivity contribution < 1.29 is 14.6 Å². The van der Waals surface area contributed by atoms with E-state index in [4.69, 9.17) is 16.3 Å². The summed E-state index contributed by atoms with van der Waals surface area (Å²) < 4.78 is 6.93. The molecule has 0 unspecified atom stereocenters. The summed E-state index contributed by atoms with van der Waals surface area (Å²) in [6.07, 6.45) is 0. The predicted molar refractivity (Wildman–Crippen MR) is 75.8 cm³/mol. The van der Waals surface area contributed by atoms with Gasteiger partial charge < -0.3 is 9.84 Å². The van der Waals surface area contributed by atoms with Gasteiger partial charge in [-0.05, 0) is 32.0 Å². The molecule has 1 aromatic heterocycles. The molecule has 0 spiro atoms. The van der Waals surface area contributed by atoms with Gasteiger partial charge in [0.15, 0.2) is 0 Å². The van der Waals surface area contributed by atoms with Crippen molar-refractivity contribution in [3.05, 3.63) is 45.7 Å². The molecule has 5 nitrogen and oxygen atoms in total. The first-order valence-electron chi connectivity index (χ1n) is 6.03. The lowest BCUT2D eigenvalue weighted by atomic mass is 10.2. The molecule has 2 rings (SSSR count). The van der Waals surface area contributed by atoms with Gasteiger partial charge in [-0.3, -0.25) is 4.68 Å². The summed E-state index contributed by atoms with van der Waals surface area (Å²) in [6.45, 7) is 3.83. The van der Waals surface area contributed by atoms with E-state index < -0.39 is 5.97 Å². The molecule has 0 atom stereocenters. The maximum atomic E-state index is 11.2. The topological polar surface area (TPSA) is 64.4 Å². The van der Waals surface area contributed by atoms with Crippen LogP contribution in [0.25, 0.3) is 0 Å². The van der Waals surface area contributed by atoms with Crippen molar-refractivity contribution >= 4 is 17.6 Å². The highest BCUT2D eigenvalue weighted by atomic mass is 35.5. The second-order valence-electron chi connectivity index (χ2n) is 4.46. The van der Waals surface area contributed by atoms with Crippen molar-refractivity contribution in [2.24, 2.45) is 0 Å². The maximum absolute atomic E-state index is 11.2. The van der Waals surface area contributed by atoms with E-state index in [0.29, 0.717) is 28.7 Å². The highest BCUT2D eigenvalue weighted by Crippen LogP contribution is 2.24. The van der Waals surface area contributed by atoms with E-state index in [1.54, 1.807) is 43.8 Å². The fraction of sp³-hybridized carbons (Fsp3) is 0.286. The van der Waals surface area contributed by atoms with E-state index in [9.17, 15) is 9.90 Å². The lowest BCUT2D eigenvalue weighted by Crippen LogP contribution is -2.07. The highest BCUT2D eigenvalue weighted by Gasteiger charge is 2.18. The smallest absolute Gasteiger partial charge is 0.339 e. The third kappa shape index (κ3) is 2.63. The number of carboxylic acid groups (broad SMARTS) is 1. The molecule has 106 valence electrons. The average molecular weight is 295 g/mol. The summed E-state index contributed by atoms with van der Waals surface area (Å²) in [7, 11) is 1.58. The fourth-order valence-electron chi connectivity index (χ4n) is 2.19. The van der Waals surface area contributed by atoms with E-state index in [1.165, 1.54) is 0 Å². The standard InChI is InChI=1S/C14H15ClN2O3/c1-8-13(14(18)19)9(2)17(16-8)7-10-6-11(15)4-5-12(10)20-3/h4-6H,7H2,1-3H3,(H,18,19). The monoisotopic (exact) mass is 294 g/mol. The molecule has 1 heterocycles. The number of hydrogen-bond donors (Lipinski definition) is 1. The van der Waals surface area contributed by atoms with Gasteiger partial charge in [0.25, 0.3) is 0 Å². The number of methoxy groups -OCH3 is 1. The molecule has 0 bridgehead atoms. The first kappa shape index (κ1) is 14.4. The Morgan fingerprint density at radius 3 is 2.70 bits per heavy atom. The van der Waals surface area contributed by atoms with Crippen LogP contribution in [0.2, 0.25) is 5.02 Å². The number of carbonyl (C=O) groups is 1. The molecule has 0 aliphatic carbocycles. The lowest BCUT2D eigenvalue weighted by Gasteiger charge is -2.10. The highest BCUT2D eigenvalue weighted by molar-refractivity contribution is 6.30. The van der Waals surface area contributed by atoms with Gasteiger partial charge in [-0.2, -0.15) is 5.10 Å². The van der Waals surface area contributed by atoms with Gasteiger partial charge in [0, 0.05) is 10.6 Å². The molecule has 1 aromatic carbocycles. The summed E-state index contributed by atoms with van der Waals surface area (Å²) in [5.41, 5.74) is 2.20. The maximum Gasteiger partial charge on any atom is 0.339 e. The molecule has 0 amide bonds. The molecule has 0 aliphatic heterocycles. The normalized spacial score (nSPS) is 10.6. The SMILES string of the molecule is COc1ccc(Cl)cc1Cn1nc(C)c(C(=O)O)c1C. The molecular formula is C14H15ClN2O3. The quantitative estimate of drug-likeness (QED) is 0.941. The predicted octanol–water partition coefficient (Wildman–Crippen LogP) is 2.91. The van der Waals surface area contributed by atoms with E-state index in [1.807, 2.05) is 0 Å². The summed E-state index contributed by atoms with van der Waals surface area (Å²) in [5.74, 6) is -0.275. The number of hydrogen-bond acceptors (Lipinski definition) is 3. The van der Waals surface area contributed by atoms with Crippen LogP contribution in [0.1, 0.15) is 27.3 Å². The first-order valence-corrected chi connectivity index (χ1v) is 6.41. The largest absolute Gasteiger partial charge is 0.496 e. The van der Waals surface area contributed by atoms with E-state index >= 15 is 0 Å². The number of aromatic carboxylic acids is 1. The van der Waals surface area contributed by atoms with Crippen molar-refractivity contribution in [2.45, 2.75) is 20.4 Å². The van der Waals surface area contributed by atoms with E-state index in [2.05, 4.69) is 5.10 Å². The van der Waals surface area contributed by atoms with Crippen LogP contribution >= 0.6 is 11.6 Å². The summed E-state index contributed by atoms with van der Waals surface area (Å²) in [4.78, 5) is 11.2. The van der Waals surface area contributed by atoms with Gasteiger partial charge in [-0.15, -0.1) is 0 Å². The van der Waals surface area contributed by atoms with Crippen LogP contribution in [0.4, 0.5) is 0 Å². The Bertz CT molecular complexity index is 665. The Hall–Kier alpha value is -2.01. The summed E-state index contributed by atoms with van der Waals surface area (Å²) in [5, 5.41) is 14.0. The zero-order chi connectivity index (χ0) is 14.9. The van der Waals surface area contributed by atoms with Crippen LogP contribution in [-0.2, 0) is 6.54 Å². The van der Waals surface area contributed by atoms with Crippen LogP contribution in [0.15, 0.2) is 18.2 Å². The van der Waals surface area contributed by atoms with Crippen LogP contribution in [0.3, 0.4) is 0 Å². The van der Waals surface area contributed by atoms with Crippen LogP contribution in [0, 0.1) is 13.8 Å². The number of rotatable bonds is 4. The minimum atomic E-state index is -0.968. The summed E-state index contributed by atoms with van der Waals surface area (Å²) >= 11 is 5.99. The third-order valence-electron chi connectivity index (χ3n) is 3.16. The Labute approximate surface area is 121 Å². The van der Waals surface area contributed by atoms with Gasteiger partial charge in [0.2, 0.25) is 0 Å². The summed E-state index contributed by atoms with van der Waals surface area (Å²) in [6, 6.07) is 5.31. The molecular weight excluding hydrogens is 280 g/mol. The average Bonchev–Trinajstić information content (AvgIpc) is 2.64. The molecule has 0 radical (unpaired) electrons. The molecule has 0 fully saturated rings. The Morgan fingerprint density at radius 1 is 1.45 bits per heavy atom. The minimum absolute atomic E-state index is 0.242. The van der Waals surface area contributed by atoms with Crippen molar-refractivity contribution in [1.29, 1.82) is 0 Å². The fourth-order valence-corrected chi connectivity index (χ4v) is 2.39. The number of halogens is 1. The Balaban J connectivity index is 2.43. The van der Waals surface area contributed by atoms with Gasteiger partial charge in [-0.25, -0.2) is 4.79 Å². The van der Waals surface area contributed by atoms with Gasteiger partial charge in [-0.1, -0.05) is 11.6 Å². The first-order chi connectivity index (χ1) is 9.43. The second-order valence-corrected chi connectivity index (χ2v) is 4.90. The van der Waals surface area contributed by atoms with Crippen LogP contribution in [-0.4, -0.2) is 28.0 Å². The van der Waals surface area contributed by atoms with Crippen molar-refractivity contribution in [1.82, 2.24) is 9.78 Å². The zero-order valence-electron chi connectivity index (χ0n) is 11.5. The zero-order valence-corrected chi connectivity index (χ0v) is 12.2. The van der Waals surface area contributed by atoms with Gasteiger partial charge >= 0.3 is 5.97 Å². The molecule has 0 saturated heterocycles.